The SMILES string of the molecule is CC1CCCC(CO)(Nc2cnn(C(C)C)c(=O)c2Br)C1. The van der Waals surface area contributed by atoms with E-state index in [1.165, 1.54) is 11.1 Å². The summed E-state index contributed by atoms with van der Waals surface area (Å²) in [5, 5.41) is 17.4. The normalized spacial score (nSPS) is 26.1. The molecule has 2 N–H and O–H groups in total. The first-order valence-corrected chi connectivity index (χ1v) is 8.34. The van der Waals surface area contributed by atoms with Crippen molar-refractivity contribution in [2.75, 3.05) is 11.9 Å². The molecule has 2 rings (SSSR count). The predicted octanol–water partition coefficient (Wildman–Crippen LogP) is 2.94. The van der Waals surface area contributed by atoms with E-state index in [2.05, 4.69) is 33.3 Å². The average Bonchev–Trinajstić information content (AvgIpc) is 2.44. The van der Waals surface area contributed by atoms with Gasteiger partial charge in [0.05, 0.1) is 30.1 Å². The third-order valence-corrected chi connectivity index (χ3v) is 4.99. The molecule has 21 heavy (non-hydrogen) atoms. The van der Waals surface area contributed by atoms with Crippen molar-refractivity contribution in [3.63, 3.8) is 0 Å². The molecule has 1 aromatic rings. The van der Waals surface area contributed by atoms with E-state index >= 15 is 0 Å². The largest absolute Gasteiger partial charge is 0.394 e. The summed E-state index contributed by atoms with van der Waals surface area (Å²) < 4.78 is 1.93. The van der Waals surface area contributed by atoms with E-state index in [9.17, 15) is 9.90 Å². The van der Waals surface area contributed by atoms with Gasteiger partial charge in [-0.3, -0.25) is 4.79 Å². The van der Waals surface area contributed by atoms with Crippen LogP contribution in [0.25, 0.3) is 0 Å². The minimum absolute atomic E-state index is 0.0179. The molecule has 0 spiro atoms. The molecule has 1 aliphatic carbocycles. The molecule has 1 aliphatic rings. The fraction of sp³-hybridized carbons (Fsp3) is 0.733. The highest BCUT2D eigenvalue weighted by molar-refractivity contribution is 9.10. The van der Waals surface area contributed by atoms with Gasteiger partial charge in [0.15, 0.2) is 0 Å². The van der Waals surface area contributed by atoms with Crippen molar-refractivity contribution in [2.24, 2.45) is 5.92 Å². The molecule has 1 fully saturated rings. The minimum Gasteiger partial charge on any atom is -0.394 e. The molecule has 1 saturated carbocycles. The second-order valence-corrected chi connectivity index (χ2v) is 7.27. The van der Waals surface area contributed by atoms with Crippen molar-refractivity contribution in [1.29, 1.82) is 0 Å². The Kier molecular flexibility index (Phi) is 5.09. The van der Waals surface area contributed by atoms with Crippen LogP contribution in [0.4, 0.5) is 5.69 Å². The number of nitrogens with one attached hydrogen (secondary N) is 1. The number of aromatic nitrogens is 2. The maximum Gasteiger partial charge on any atom is 0.283 e. The summed E-state index contributed by atoms with van der Waals surface area (Å²) in [4.78, 5) is 12.3. The Bertz CT molecular complexity index is 558. The Morgan fingerprint density at radius 1 is 1.62 bits per heavy atom. The molecule has 118 valence electrons. The van der Waals surface area contributed by atoms with Crippen molar-refractivity contribution in [3.05, 3.63) is 21.0 Å². The van der Waals surface area contributed by atoms with E-state index < -0.39 is 0 Å². The lowest BCUT2D eigenvalue weighted by molar-refractivity contribution is 0.149. The molecule has 5 nitrogen and oxygen atoms in total. The highest BCUT2D eigenvalue weighted by Gasteiger charge is 2.35. The lowest BCUT2D eigenvalue weighted by Gasteiger charge is -2.40. The van der Waals surface area contributed by atoms with E-state index in [-0.39, 0.29) is 23.7 Å². The van der Waals surface area contributed by atoms with Crippen LogP contribution in [0.3, 0.4) is 0 Å². The van der Waals surface area contributed by atoms with Gasteiger partial charge in [-0.2, -0.15) is 5.10 Å². The number of hydrogen-bond donors (Lipinski definition) is 2. The van der Waals surface area contributed by atoms with Crippen molar-refractivity contribution < 1.29 is 5.11 Å². The maximum absolute atomic E-state index is 12.3. The van der Waals surface area contributed by atoms with E-state index in [4.69, 9.17) is 0 Å². The average molecular weight is 358 g/mol. The number of rotatable bonds is 4. The first kappa shape index (κ1) is 16.5. The van der Waals surface area contributed by atoms with Gasteiger partial charge in [-0.1, -0.05) is 19.8 Å². The van der Waals surface area contributed by atoms with Gasteiger partial charge in [-0.05, 0) is 48.5 Å². The molecule has 2 unspecified atom stereocenters. The van der Waals surface area contributed by atoms with Gasteiger partial charge >= 0.3 is 0 Å². The Hall–Kier alpha value is -0.880. The molecule has 0 bridgehead atoms. The van der Waals surface area contributed by atoms with Crippen molar-refractivity contribution >= 4 is 21.6 Å². The molecular formula is C15H24BrN3O2. The highest BCUT2D eigenvalue weighted by Crippen LogP contribution is 2.35. The summed E-state index contributed by atoms with van der Waals surface area (Å²) >= 11 is 3.38. The zero-order valence-corrected chi connectivity index (χ0v) is 14.5. The summed E-state index contributed by atoms with van der Waals surface area (Å²) in [6.45, 7) is 6.12. The second kappa shape index (κ2) is 6.48. The molecule has 6 heteroatoms. The van der Waals surface area contributed by atoms with E-state index in [1.54, 1.807) is 6.20 Å². The zero-order valence-electron chi connectivity index (χ0n) is 12.9. The number of nitrogens with zero attached hydrogens (tertiary/aromatic N) is 2. The van der Waals surface area contributed by atoms with E-state index in [0.717, 1.165) is 19.3 Å². The summed E-state index contributed by atoms with van der Waals surface area (Å²) in [6.07, 6.45) is 5.76. The molecular weight excluding hydrogens is 334 g/mol. The van der Waals surface area contributed by atoms with Gasteiger partial charge in [0.25, 0.3) is 5.56 Å². The number of anilines is 1. The Morgan fingerprint density at radius 3 is 2.90 bits per heavy atom. The summed E-state index contributed by atoms with van der Waals surface area (Å²) in [7, 11) is 0. The van der Waals surface area contributed by atoms with Crippen LogP contribution in [0.2, 0.25) is 0 Å². The maximum atomic E-state index is 12.3. The van der Waals surface area contributed by atoms with E-state index in [0.29, 0.717) is 16.1 Å². The van der Waals surface area contributed by atoms with Gasteiger partial charge in [-0.25, -0.2) is 4.68 Å². The number of halogens is 1. The summed E-state index contributed by atoms with van der Waals surface area (Å²) in [5.41, 5.74) is 0.171. The fourth-order valence-electron chi connectivity index (χ4n) is 3.14. The quantitative estimate of drug-likeness (QED) is 0.869. The summed E-state index contributed by atoms with van der Waals surface area (Å²) in [6, 6.07) is 0.0179. The second-order valence-electron chi connectivity index (χ2n) is 6.48. The zero-order chi connectivity index (χ0) is 15.6. The highest BCUT2D eigenvalue weighted by atomic mass is 79.9. The minimum atomic E-state index is -0.349. The molecule has 0 aromatic carbocycles. The molecule has 1 heterocycles. The predicted molar refractivity (Wildman–Crippen MR) is 87.7 cm³/mol. The Labute approximate surface area is 133 Å². The Morgan fingerprint density at radius 2 is 2.33 bits per heavy atom. The van der Waals surface area contributed by atoms with Crippen LogP contribution >= 0.6 is 15.9 Å². The molecule has 1 aromatic heterocycles. The van der Waals surface area contributed by atoms with Gasteiger partial charge < -0.3 is 10.4 Å². The lowest BCUT2D eigenvalue weighted by Crippen LogP contribution is -2.46. The topological polar surface area (TPSA) is 67.2 Å². The number of hydrogen-bond acceptors (Lipinski definition) is 4. The van der Waals surface area contributed by atoms with Gasteiger partial charge in [0.2, 0.25) is 0 Å². The third kappa shape index (κ3) is 3.48. The van der Waals surface area contributed by atoms with Crippen molar-refractivity contribution in [1.82, 2.24) is 9.78 Å². The summed E-state index contributed by atoms with van der Waals surface area (Å²) in [5.74, 6) is 0.571. The van der Waals surface area contributed by atoms with Crippen LogP contribution in [0.1, 0.15) is 52.5 Å². The number of aliphatic hydroxyl groups excluding tert-OH is 1. The van der Waals surface area contributed by atoms with Crippen molar-refractivity contribution in [3.8, 4) is 0 Å². The number of aliphatic hydroxyl groups is 1. The van der Waals surface area contributed by atoms with E-state index in [1.807, 2.05) is 13.8 Å². The van der Waals surface area contributed by atoms with Crippen LogP contribution in [0.15, 0.2) is 15.5 Å². The van der Waals surface area contributed by atoms with Gasteiger partial charge in [-0.15, -0.1) is 0 Å². The van der Waals surface area contributed by atoms with Crippen LogP contribution in [-0.4, -0.2) is 27.0 Å². The lowest BCUT2D eigenvalue weighted by atomic mass is 9.76. The molecule has 0 radical (unpaired) electrons. The first-order chi connectivity index (χ1) is 9.88. The van der Waals surface area contributed by atoms with Crippen LogP contribution in [0.5, 0.6) is 0 Å². The van der Waals surface area contributed by atoms with Crippen LogP contribution in [0, 0.1) is 5.92 Å². The Balaban J connectivity index is 2.30. The van der Waals surface area contributed by atoms with Crippen LogP contribution < -0.4 is 10.9 Å². The fourth-order valence-corrected chi connectivity index (χ4v) is 3.53. The molecule has 2 atom stereocenters. The molecule has 0 aliphatic heterocycles. The standard InChI is InChI=1S/C15H24BrN3O2/c1-10(2)19-14(21)13(16)12(8-17-19)18-15(9-20)6-4-5-11(3)7-15/h8,10-11,18,20H,4-7,9H2,1-3H3. The molecule has 0 saturated heterocycles. The molecule has 0 amide bonds. The van der Waals surface area contributed by atoms with Gasteiger partial charge in [0, 0.05) is 0 Å². The monoisotopic (exact) mass is 357 g/mol. The first-order valence-electron chi connectivity index (χ1n) is 7.55. The van der Waals surface area contributed by atoms with Crippen LogP contribution in [-0.2, 0) is 0 Å². The smallest absolute Gasteiger partial charge is 0.283 e. The van der Waals surface area contributed by atoms with Gasteiger partial charge in [0.1, 0.15) is 4.47 Å². The van der Waals surface area contributed by atoms with Crippen molar-refractivity contribution in [2.45, 2.75) is 58.0 Å². The third-order valence-electron chi connectivity index (χ3n) is 4.23.